The second kappa shape index (κ2) is 7.95. The van der Waals surface area contributed by atoms with Gasteiger partial charge in [0.25, 0.3) is 0 Å². The van der Waals surface area contributed by atoms with Crippen LogP contribution in [-0.2, 0) is 4.79 Å². The largest absolute Gasteiger partial charge is 0.393 e. The molecule has 0 aromatic rings. The topological polar surface area (TPSA) is 37.3 Å². The van der Waals surface area contributed by atoms with Crippen LogP contribution in [0.2, 0.25) is 0 Å². The molecule has 2 nitrogen and oxygen atoms in total. The predicted molar refractivity (Wildman–Crippen MR) is 119 cm³/mol. The van der Waals surface area contributed by atoms with Gasteiger partial charge >= 0.3 is 0 Å². The molecule has 4 rings (SSSR count). The van der Waals surface area contributed by atoms with E-state index in [1.165, 1.54) is 44.9 Å². The monoisotopic (exact) mass is 402 g/mol. The molecule has 9 atom stereocenters. The third-order valence-corrected chi connectivity index (χ3v) is 10.6. The third kappa shape index (κ3) is 3.64. The number of rotatable bonds is 5. The summed E-state index contributed by atoms with van der Waals surface area (Å²) in [5.74, 6) is 4.93. The van der Waals surface area contributed by atoms with E-state index in [-0.39, 0.29) is 6.10 Å². The normalized spacial score (nSPS) is 48.2. The zero-order valence-corrected chi connectivity index (χ0v) is 19.8. The first-order valence-corrected chi connectivity index (χ1v) is 12.9. The summed E-state index contributed by atoms with van der Waals surface area (Å²) in [6.45, 7) is 12.2. The van der Waals surface area contributed by atoms with Gasteiger partial charge in [0.15, 0.2) is 0 Å². The molecular formula is C27H46O2. The number of hydrogen-bond donors (Lipinski definition) is 1. The summed E-state index contributed by atoms with van der Waals surface area (Å²) in [7, 11) is 0. The lowest BCUT2D eigenvalue weighted by molar-refractivity contribution is -0.160. The first-order chi connectivity index (χ1) is 13.7. The zero-order valence-electron chi connectivity index (χ0n) is 19.8. The molecule has 0 amide bonds. The second-order valence-corrected chi connectivity index (χ2v) is 12.6. The number of carbonyl (C=O) groups is 1. The molecule has 29 heavy (non-hydrogen) atoms. The molecule has 0 heterocycles. The molecule has 0 saturated heterocycles. The van der Waals surface area contributed by atoms with E-state index >= 15 is 0 Å². The van der Waals surface area contributed by atoms with E-state index in [4.69, 9.17) is 0 Å². The lowest BCUT2D eigenvalue weighted by Gasteiger charge is -2.60. The van der Waals surface area contributed by atoms with Gasteiger partial charge in [-0.1, -0.05) is 53.9 Å². The Morgan fingerprint density at radius 1 is 0.966 bits per heavy atom. The Morgan fingerprint density at radius 2 is 1.66 bits per heavy atom. The van der Waals surface area contributed by atoms with Gasteiger partial charge in [-0.05, 0) is 91.3 Å². The maximum Gasteiger partial charge on any atom is 0.136 e. The Hall–Kier alpha value is -0.370. The van der Waals surface area contributed by atoms with Crippen molar-refractivity contribution >= 4 is 5.78 Å². The Morgan fingerprint density at radius 3 is 2.38 bits per heavy atom. The van der Waals surface area contributed by atoms with Crippen LogP contribution < -0.4 is 0 Å². The summed E-state index contributed by atoms with van der Waals surface area (Å²) in [6, 6.07) is 0. The van der Waals surface area contributed by atoms with E-state index in [0.29, 0.717) is 40.3 Å². The minimum atomic E-state index is -0.172. The fraction of sp³-hybridized carbons (Fsp3) is 0.963. The Bertz CT molecular complexity index is 612. The molecule has 4 aliphatic carbocycles. The summed E-state index contributed by atoms with van der Waals surface area (Å²) in [6.07, 6.45) is 12.8. The van der Waals surface area contributed by atoms with E-state index in [1.54, 1.807) is 0 Å². The van der Waals surface area contributed by atoms with Gasteiger partial charge in [-0.3, -0.25) is 4.79 Å². The van der Waals surface area contributed by atoms with Crippen molar-refractivity contribution in [2.75, 3.05) is 0 Å². The second-order valence-electron chi connectivity index (χ2n) is 12.6. The molecule has 166 valence electrons. The van der Waals surface area contributed by atoms with Crippen molar-refractivity contribution in [1.29, 1.82) is 0 Å². The molecule has 0 bridgehead atoms. The SMILES string of the molecule is CC(C)CCCC(C)C1CCC2C3C(=O)CC4C[C@@H](O)CC[C@]4(C)C3CC[C@]12C. The number of hydrogen-bond acceptors (Lipinski definition) is 2. The summed E-state index contributed by atoms with van der Waals surface area (Å²) in [5.41, 5.74) is 0.672. The van der Waals surface area contributed by atoms with Gasteiger partial charge in [-0.2, -0.15) is 0 Å². The Labute approximate surface area is 179 Å². The Balaban J connectivity index is 1.51. The summed E-state index contributed by atoms with van der Waals surface area (Å²) < 4.78 is 0. The molecule has 4 fully saturated rings. The van der Waals surface area contributed by atoms with E-state index < -0.39 is 0 Å². The molecular weight excluding hydrogens is 356 g/mol. The van der Waals surface area contributed by atoms with Crippen LogP contribution in [0.3, 0.4) is 0 Å². The van der Waals surface area contributed by atoms with E-state index in [0.717, 1.165) is 43.4 Å². The van der Waals surface area contributed by atoms with Crippen LogP contribution in [0.1, 0.15) is 105 Å². The fourth-order valence-electron chi connectivity index (χ4n) is 8.93. The minimum absolute atomic E-state index is 0.172. The van der Waals surface area contributed by atoms with Crippen molar-refractivity contribution in [2.24, 2.45) is 52.3 Å². The van der Waals surface area contributed by atoms with Crippen LogP contribution in [0.25, 0.3) is 0 Å². The van der Waals surface area contributed by atoms with Gasteiger partial charge in [0.2, 0.25) is 0 Å². The summed E-state index contributed by atoms with van der Waals surface area (Å²) in [5, 5.41) is 10.2. The van der Waals surface area contributed by atoms with Crippen molar-refractivity contribution < 1.29 is 9.90 Å². The van der Waals surface area contributed by atoms with Gasteiger partial charge < -0.3 is 5.11 Å². The quantitative estimate of drug-likeness (QED) is 0.559. The summed E-state index contributed by atoms with van der Waals surface area (Å²) >= 11 is 0. The third-order valence-electron chi connectivity index (χ3n) is 10.6. The van der Waals surface area contributed by atoms with Crippen LogP contribution in [0.5, 0.6) is 0 Å². The van der Waals surface area contributed by atoms with E-state index in [2.05, 4.69) is 34.6 Å². The average Bonchev–Trinajstić information content (AvgIpc) is 3.00. The number of ketones is 1. The van der Waals surface area contributed by atoms with E-state index in [1.807, 2.05) is 0 Å². The first-order valence-electron chi connectivity index (χ1n) is 12.9. The molecule has 0 aliphatic heterocycles. The molecule has 0 aromatic carbocycles. The highest BCUT2D eigenvalue weighted by atomic mass is 16.3. The fourth-order valence-corrected chi connectivity index (χ4v) is 8.93. The number of carbonyl (C=O) groups excluding carboxylic acids is 1. The number of aliphatic hydroxyl groups excluding tert-OH is 1. The minimum Gasteiger partial charge on any atom is -0.393 e. The maximum atomic E-state index is 13.5. The highest BCUT2D eigenvalue weighted by molar-refractivity contribution is 5.83. The summed E-state index contributed by atoms with van der Waals surface area (Å²) in [4.78, 5) is 13.5. The molecule has 0 aromatic heterocycles. The van der Waals surface area contributed by atoms with Crippen LogP contribution in [0.15, 0.2) is 0 Å². The van der Waals surface area contributed by atoms with E-state index in [9.17, 15) is 9.90 Å². The van der Waals surface area contributed by atoms with Gasteiger partial charge in [-0.25, -0.2) is 0 Å². The molecule has 0 radical (unpaired) electrons. The molecule has 0 spiro atoms. The number of Topliss-reactive ketones (excluding diaryl/α,β-unsaturated/α-hetero) is 1. The van der Waals surface area contributed by atoms with Crippen molar-refractivity contribution in [3.63, 3.8) is 0 Å². The van der Waals surface area contributed by atoms with Crippen LogP contribution in [0.4, 0.5) is 0 Å². The Kier molecular flexibility index (Phi) is 5.99. The first kappa shape index (κ1) is 21.8. The smallest absolute Gasteiger partial charge is 0.136 e. The predicted octanol–water partition coefficient (Wildman–Crippen LogP) is 6.65. The highest BCUT2D eigenvalue weighted by Gasteiger charge is 2.62. The van der Waals surface area contributed by atoms with Crippen LogP contribution in [-0.4, -0.2) is 17.0 Å². The van der Waals surface area contributed by atoms with Gasteiger partial charge in [0.1, 0.15) is 5.78 Å². The number of aliphatic hydroxyl groups is 1. The highest BCUT2D eigenvalue weighted by Crippen LogP contribution is 2.67. The van der Waals surface area contributed by atoms with Crippen molar-refractivity contribution in [2.45, 2.75) is 111 Å². The molecule has 4 aliphatic rings. The average molecular weight is 403 g/mol. The lowest BCUT2D eigenvalue weighted by Crippen LogP contribution is -2.57. The van der Waals surface area contributed by atoms with Crippen molar-refractivity contribution in [3.8, 4) is 0 Å². The molecule has 6 unspecified atom stereocenters. The van der Waals surface area contributed by atoms with Crippen molar-refractivity contribution in [1.82, 2.24) is 0 Å². The maximum absolute atomic E-state index is 13.5. The molecule has 1 N–H and O–H groups in total. The van der Waals surface area contributed by atoms with Gasteiger partial charge in [0, 0.05) is 12.3 Å². The molecule has 4 saturated carbocycles. The van der Waals surface area contributed by atoms with Crippen LogP contribution >= 0.6 is 0 Å². The standard InChI is InChI=1S/C27H46O2/c1-17(2)7-6-8-18(3)21-9-10-22-25-23(12-14-27(21,22)5)26(4)13-11-20(28)15-19(26)16-24(25)29/h17-23,25,28H,6-16H2,1-5H3/t18?,19?,20-,21?,22?,23?,25?,26-,27+/m0/s1. The van der Waals surface area contributed by atoms with Gasteiger partial charge in [-0.15, -0.1) is 0 Å². The van der Waals surface area contributed by atoms with Gasteiger partial charge in [0.05, 0.1) is 6.10 Å². The molecule has 2 heteroatoms. The van der Waals surface area contributed by atoms with Crippen molar-refractivity contribution in [3.05, 3.63) is 0 Å². The van der Waals surface area contributed by atoms with Crippen LogP contribution in [0, 0.1) is 52.3 Å². The lowest BCUT2D eigenvalue weighted by atomic mass is 9.44. The number of fused-ring (bicyclic) bond motifs is 5. The zero-order chi connectivity index (χ0) is 21.0.